The van der Waals surface area contributed by atoms with Crippen molar-refractivity contribution in [3.8, 4) is 6.01 Å². The monoisotopic (exact) mass is 259 g/mol. The van der Waals surface area contributed by atoms with E-state index in [-0.39, 0.29) is 12.0 Å². The molecule has 0 fully saturated rings. The zero-order valence-electron chi connectivity index (χ0n) is 11.1. The van der Waals surface area contributed by atoms with Crippen LogP contribution >= 0.6 is 0 Å². The number of anilines is 2. The van der Waals surface area contributed by atoms with Crippen molar-refractivity contribution in [2.45, 2.75) is 20.4 Å². The minimum Gasteiger partial charge on any atom is -0.464 e. The summed E-state index contributed by atoms with van der Waals surface area (Å²) in [6.07, 6.45) is 0. The molecular formula is C13H17N5O. The smallest absolute Gasteiger partial charge is 0.323 e. The Kier molecular flexibility index (Phi) is 4.12. The van der Waals surface area contributed by atoms with E-state index in [9.17, 15) is 0 Å². The molecule has 19 heavy (non-hydrogen) atoms. The van der Waals surface area contributed by atoms with Gasteiger partial charge in [-0.2, -0.15) is 15.0 Å². The van der Waals surface area contributed by atoms with Crippen molar-refractivity contribution < 1.29 is 4.74 Å². The maximum Gasteiger partial charge on any atom is 0.323 e. The van der Waals surface area contributed by atoms with Crippen LogP contribution in [0, 0.1) is 6.92 Å². The average Bonchev–Trinajstić information content (AvgIpc) is 2.37. The molecule has 100 valence electrons. The number of nitrogens with zero attached hydrogens (tertiary/aromatic N) is 3. The number of nitrogens with two attached hydrogens (primary N) is 1. The van der Waals surface area contributed by atoms with Crippen LogP contribution in [0.3, 0.4) is 0 Å². The molecule has 0 saturated heterocycles. The van der Waals surface area contributed by atoms with E-state index in [1.807, 2.05) is 19.1 Å². The summed E-state index contributed by atoms with van der Waals surface area (Å²) in [5, 5.41) is 3.12. The van der Waals surface area contributed by atoms with Gasteiger partial charge in [-0.3, -0.25) is 0 Å². The van der Waals surface area contributed by atoms with Crippen molar-refractivity contribution in [1.29, 1.82) is 0 Å². The molecule has 1 heterocycles. The molecule has 6 heteroatoms. The molecule has 0 aliphatic heterocycles. The van der Waals surface area contributed by atoms with Crippen LogP contribution in [-0.4, -0.2) is 21.6 Å². The maximum absolute atomic E-state index is 5.61. The summed E-state index contributed by atoms with van der Waals surface area (Å²) in [6, 6.07) is 8.35. The molecule has 1 aromatic carbocycles. The van der Waals surface area contributed by atoms with Crippen LogP contribution in [0.25, 0.3) is 0 Å². The first-order valence-electron chi connectivity index (χ1n) is 6.11. The van der Waals surface area contributed by atoms with Gasteiger partial charge in [-0.05, 0) is 25.0 Å². The van der Waals surface area contributed by atoms with E-state index in [2.05, 4.69) is 39.3 Å². The van der Waals surface area contributed by atoms with Crippen molar-refractivity contribution in [2.75, 3.05) is 17.7 Å². The van der Waals surface area contributed by atoms with Crippen LogP contribution in [0.1, 0.15) is 18.1 Å². The lowest BCUT2D eigenvalue weighted by Gasteiger charge is -2.09. The van der Waals surface area contributed by atoms with Gasteiger partial charge in [-0.25, -0.2) is 0 Å². The van der Waals surface area contributed by atoms with Crippen molar-refractivity contribution >= 4 is 11.9 Å². The van der Waals surface area contributed by atoms with Crippen molar-refractivity contribution in [1.82, 2.24) is 15.0 Å². The minimum absolute atomic E-state index is 0.144. The quantitative estimate of drug-likeness (QED) is 0.851. The van der Waals surface area contributed by atoms with E-state index >= 15 is 0 Å². The number of hydrogen-bond acceptors (Lipinski definition) is 6. The van der Waals surface area contributed by atoms with Gasteiger partial charge < -0.3 is 15.8 Å². The number of ether oxygens (including phenoxy) is 1. The third-order valence-corrected chi connectivity index (χ3v) is 2.60. The molecule has 0 bridgehead atoms. The van der Waals surface area contributed by atoms with Crippen molar-refractivity contribution in [3.63, 3.8) is 0 Å². The Morgan fingerprint density at radius 2 is 2.00 bits per heavy atom. The van der Waals surface area contributed by atoms with Crippen LogP contribution in [0.4, 0.5) is 11.9 Å². The highest BCUT2D eigenvalue weighted by atomic mass is 16.5. The zero-order valence-corrected chi connectivity index (χ0v) is 11.1. The normalized spacial score (nSPS) is 10.2. The van der Waals surface area contributed by atoms with Crippen LogP contribution in [0.2, 0.25) is 0 Å². The molecule has 2 aromatic rings. The molecule has 0 spiro atoms. The zero-order chi connectivity index (χ0) is 13.7. The molecule has 3 N–H and O–H groups in total. The number of aryl methyl sites for hydroxylation is 1. The number of aromatic nitrogens is 3. The number of hydrogen-bond donors (Lipinski definition) is 2. The first kappa shape index (κ1) is 13.1. The molecule has 0 aliphatic carbocycles. The maximum atomic E-state index is 5.61. The van der Waals surface area contributed by atoms with Gasteiger partial charge in [0.2, 0.25) is 11.9 Å². The van der Waals surface area contributed by atoms with Gasteiger partial charge in [0, 0.05) is 6.54 Å². The van der Waals surface area contributed by atoms with E-state index in [1.165, 1.54) is 11.1 Å². The third-order valence-electron chi connectivity index (χ3n) is 2.60. The fourth-order valence-electron chi connectivity index (χ4n) is 1.63. The second-order valence-corrected chi connectivity index (χ2v) is 4.01. The fourth-order valence-corrected chi connectivity index (χ4v) is 1.63. The van der Waals surface area contributed by atoms with Crippen LogP contribution in [0.15, 0.2) is 24.3 Å². The van der Waals surface area contributed by atoms with Gasteiger partial charge >= 0.3 is 6.01 Å². The summed E-state index contributed by atoms with van der Waals surface area (Å²) in [7, 11) is 0. The third kappa shape index (κ3) is 3.54. The second kappa shape index (κ2) is 5.99. The lowest BCUT2D eigenvalue weighted by molar-refractivity contribution is 0.312. The summed E-state index contributed by atoms with van der Waals surface area (Å²) in [5.74, 6) is 0.560. The van der Waals surface area contributed by atoms with Gasteiger partial charge in [0.05, 0.1) is 6.61 Å². The van der Waals surface area contributed by atoms with Crippen LogP contribution in [0.5, 0.6) is 6.01 Å². The summed E-state index contributed by atoms with van der Waals surface area (Å²) in [5.41, 5.74) is 8.00. The molecule has 0 amide bonds. The van der Waals surface area contributed by atoms with Gasteiger partial charge in [0.1, 0.15) is 0 Å². The van der Waals surface area contributed by atoms with E-state index in [1.54, 1.807) is 0 Å². The largest absolute Gasteiger partial charge is 0.464 e. The highest BCUT2D eigenvalue weighted by molar-refractivity contribution is 5.35. The summed E-state index contributed by atoms with van der Waals surface area (Å²) < 4.78 is 5.22. The lowest BCUT2D eigenvalue weighted by atomic mass is 10.1. The lowest BCUT2D eigenvalue weighted by Crippen LogP contribution is -2.09. The molecule has 0 saturated carbocycles. The Morgan fingerprint density at radius 1 is 1.21 bits per heavy atom. The standard InChI is InChI=1S/C13H17N5O/c1-3-19-13-17-11(14)16-12(18-13)15-8-10-7-5-4-6-9(10)2/h4-7H,3,8H2,1-2H3,(H3,14,15,16,17,18). The van der Waals surface area contributed by atoms with E-state index in [4.69, 9.17) is 10.5 Å². The van der Waals surface area contributed by atoms with Crippen LogP contribution < -0.4 is 15.8 Å². The second-order valence-electron chi connectivity index (χ2n) is 4.01. The molecule has 0 unspecified atom stereocenters. The number of nitrogens with one attached hydrogen (secondary N) is 1. The Bertz CT molecular complexity index is 558. The van der Waals surface area contributed by atoms with E-state index in [0.717, 1.165) is 0 Å². The molecule has 6 nitrogen and oxygen atoms in total. The average molecular weight is 259 g/mol. The van der Waals surface area contributed by atoms with Gasteiger partial charge in [-0.1, -0.05) is 24.3 Å². The fraction of sp³-hybridized carbons (Fsp3) is 0.308. The number of nitrogen functional groups attached to an aromatic ring is 1. The molecule has 2 rings (SSSR count). The Labute approximate surface area is 112 Å². The predicted molar refractivity (Wildman–Crippen MR) is 73.9 cm³/mol. The van der Waals surface area contributed by atoms with E-state index in [0.29, 0.717) is 19.1 Å². The molecule has 0 aliphatic rings. The molecule has 0 radical (unpaired) electrons. The summed E-state index contributed by atoms with van der Waals surface area (Å²) in [6.45, 7) is 5.03. The first-order valence-corrected chi connectivity index (χ1v) is 6.11. The Balaban J connectivity index is 2.09. The highest BCUT2D eigenvalue weighted by Gasteiger charge is 2.05. The Hall–Kier alpha value is -2.37. The number of benzene rings is 1. The number of rotatable bonds is 5. The predicted octanol–water partition coefficient (Wildman–Crippen LogP) is 1.77. The SMILES string of the molecule is CCOc1nc(N)nc(NCc2ccccc2C)n1. The van der Waals surface area contributed by atoms with Gasteiger partial charge in [0.15, 0.2) is 0 Å². The van der Waals surface area contributed by atoms with Crippen molar-refractivity contribution in [3.05, 3.63) is 35.4 Å². The van der Waals surface area contributed by atoms with E-state index < -0.39 is 0 Å². The van der Waals surface area contributed by atoms with Gasteiger partial charge in [0.25, 0.3) is 0 Å². The first-order chi connectivity index (χ1) is 9.19. The topological polar surface area (TPSA) is 86.0 Å². The Morgan fingerprint density at radius 3 is 2.74 bits per heavy atom. The molecule has 0 atom stereocenters. The molecule has 1 aromatic heterocycles. The summed E-state index contributed by atoms with van der Waals surface area (Å²) in [4.78, 5) is 12.0. The minimum atomic E-state index is 0.144. The van der Waals surface area contributed by atoms with Crippen LogP contribution in [-0.2, 0) is 6.54 Å². The van der Waals surface area contributed by atoms with Crippen molar-refractivity contribution in [2.24, 2.45) is 0 Å². The highest BCUT2D eigenvalue weighted by Crippen LogP contribution is 2.12. The molecular weight excluding hydrogens is 242 g/mol. The summed E-state index contributed by atoms with van der Waals surface area (Å²) >= 11 is 0. The van der Waals surface area contributed by atoms with Gasteiger partial charge in [-0.15, -0.1) is 0 Å².